The van der Waals surface area contributed by atoms with Gasteiger partial charge in [0.05, 0.1) is 17.7 Å². The Hall–Kier alpha value is -2.46. The van der Waals surface area contributed by atoms with E-state index in [1.165, 1.54) is 24.3 Å². The summed E-state index contributed by atoms with van der Waals surface area (Å²) in [6.45, 7) is -0.312. The first-order valence-electron chi connectivity index (χ1n) is 4.20. The van der Waals surface area contributed by atoms with E-state index in [2.05, 4.69) is 4.99 Å². The topological polar surface area (TPSA) is 104 Å². The fourth-order valence-electron chi connectivity index (χ4n) is 1.27. The van der Waals surface area contributed by atoms with Gasteiger partial charge in [-0.3, -0.25) is 0 Å². The van der Waals surface area contributed by atoms with Gasteiger partial charge < -0.3 is 10.2 Å². The monoisotopic (exact) mass is 221 g/mol. The van der Waals surface area contributed by atoms with E-state index in [1.807, 2.05) is 0 Å². The molecule has 0 saturated carbocycles. The highest BCUT2D eigenvalue weighted by Crippen LogP contribution is 2.16. The van der Waals surface area contributed by atoms with Crippen molar-refractivity contribution in [2.45, 2.75) is 6.54 Å². The number of carboxylic acids is 2. The third-order valence-electron chi connectivity index (χ3n) is 1.94. The predicted octanol–water partition coefficient (Wildman–Crippen LogP) is 0.919. The van der Waals surface area contributed by atoms with E-state index in [1.54, 1.807) is 0 Å². The highest BCUT2D eigenvalue weighted by atomic mass is 16.4. The molecule has 0 amide bonds. The Balaban J connectivity index is 3.39. The highest BCUT2D eigenvalue weighted by molar-refractivity contribution is 5.96. The molecule has 0 heterocycles. The van der Waals surface area contributed by atoms with Crippen molar-refractivity contribution in [3.63, 3.8) is 0 Å². The van der Waals surface area contributed by atoms with Crippen LogP contribution >= 0.6 is 0 Å². The molecular weight excluding hydrogens is 214 g/mol. The van der Waals surface area contributed by atoms with E-state index in [4.69, 9.17) is 10.2 Å². The first-order chi connectivity index (χ1) is 7.57. The predicted molar refractivity (Wildman–Crippen MR) is 52.2 cm³/mol. The summed E-state index contributed by atoms with van der Waals surface area (Å²) in [5.74, 6) is -2.53. The quantitative estimate of drug-likeness (QED) is 0.581. The van der Waals surface area contributed by atoms with Crippen LogP contribution in [0.2, 0.25) is 0 Å². The van der Waals surface area contributed by atoms with E-state index >= 15 is 0 Å². The van der Waals surface area contributed by atoms with E-state index in [9.17, 15) is 14.4 Å². The lowest BCUT2D eigenvalue weighted by Gasteiger charge is -2.06. The van der Waals surface area contributed by atoms with Gasteiger partial charge in [-0.2, -0.15) is 0 Å². The van der Waals surface area contributed by atoms with Crippen molar-refractivity contribution in [3.8, 4) is 0 Å². The molecule has 6 nitrogen and oxygen atoms in total. The third-order valence-corrected chi connectivity index (χ3v) is 1.94. The SMILES string of the molecule is O=C=NCc1c(C(=O)O)cccc1C(=O)O. The summed E-state index contributed by atoms with van der Waals surface area (Å²) in [5, 5.41) is 17.7. The number of rotatable bonds is 4. The molecule has 16 heavy (non-hydrogen) atoms. The normalized spacial score (nSPS) is 9.25. The first-order valence-corrected chi connectivity index (χ1v) is 4.20. The second-order valence-corrected chi connectivity index (χ2v) is 2.85. The molecule has 1 aromatic carbocycles. The maximum atomic E-state index is 10.8. The van der Waals surface area contributed by atoms with Crippen molar-refractivity contribution in [1.82, 2.24) is 0 Å². The Labute approximate surface area is 89.9 Å². The minimum Gasteiger partial charge on any atom is -0.478 e. The number of nitrogens with zero attached hydrogens (tertiary/aromatic N) is 1. The number of carbonyl (C=O) groups is 2. The van der Waals surface area contributed by atoms with Gasteiger partial charge in [0, 0.05) is 5.56 Å². The number of hydrogen-bond donors (Lipinski definition) is 2. The minimum absolute atomic E-state index is 0.00847. The fourth-order valence-corrected chi connectivity index (χ4v) is 1.27. The lowest BCUT2D eigenvalue weighted by Crippen LogP contribution is -2.09. The van der Waals surface area contributed by atoms with Gasteiger partial charge in [-0.15, -0.1) is 0 Å². The second kappa shape index (κ2) is 4.86. The Morgan fingerprint density at radius 2 is 1.69 bits per heavy atom. The van der Waals surface area contributed by atoms with E-state index in [-0.39, 0.29) is 23.2 Å². The number of benzene rings is 1. The smallest absolute Gasteiger partial charge is 0.336 e. The zero-order chi connectivity index (χ0) is 12.1. The van der Waals surface area contributed by atoms with Crippen molar-refractivity contribution in [1.29, 1.82) is 0 Å². The minimum atomic E-state index is -1.26. The number of aliphatic imine (C=N–C) groups is 1. The summed E-state index contributed by atoms with van der Waals surface area (Å²) < 4.78 is 0. The summed E-state index contributed by atoms with van der Waals surface area (Å²) in [7, 11) is 0. The lowest BCUT2D eigenvalue weighted by molar-refractivity contribution is 0.0695. The number of carboxylic acid groups (broad SMARTS) is 2. The van der Waals surface area contributed by atoms with Gasteiger partial charge in [-0.25, -0.2) is 19.4 Å². The van der Waals surface area contributed by atoms with Gasteiger partial charge in [-0.05, 0) is 12.1 Å². The van der Waals surface area contributed by atoms with Crippen LogP contribution in [0.25, 0.3) is 0 Å². The van der Waals surface area contributed by atoms with Crippen LogP contribution in [0.15, 0.2) is 23.2 Å². The van der Waals surface area contributed by atoms with Crippen LogP contribution in [0.3, 0.4) is 0 Å². The molecule has 0 aromatic heterocycles. The molecule has 0 aliphatic rings. The Morgan fingerprint density at radius 3 is 2.06 bits per heavy atom. The fraction of sp³-hybridized carbons (Fsp3) is 0.100. The molecule has 1 rings (SSSR count). The van der Waals surface area contributed by atoms with Crippen LogP contribution in [0, 0.1) is 0 Å². The Kier molecular flexibility index (Phi) is 3.53. The van der Waals surface area contributed by atoms with Crippen LogP contribution in [-0.4, -0.2) is 28.2 Å². The Bertz CT molecular complexity index is 456. The van der Waals surface area contributed by atoms with Crippen molar-refractivity contribution < 1.29 is 24.6 Å². The van der Waals surface area contributed by atoms with E-state index in [0.717, 1.165) is 0 Å². The van der Waals surface area contributed by atoms with Crippen LogP contribution < -0.4 is 0 Å². The molecule has 0 aliphatic heterocycles. The van der Waals surface area contributed by atoms with Crippen molar-refractivity contribution >= 4 is 18.0 Å². The molecule has 82 valence electrons. The molecule has 0 bridgehead atoms. The summed E-state index contributed by atoms with van der Waals surface area (Å²) in [5.41, 5.74) is -0.372. The van der Waals surface area contributed by atoms with Gasteiger partial charge in [0.2, 0.25) is 6.08 Å². The second-order valence-electron chi connectivity index (χ2n) is 2.85. The molecule has 0 atom stereocenters. The molecule has 0 fully saturated rings. The van der Waals surface area contributed by atoms with Gasteiger partial charge in [0.15, 0.2) is 0 Å². The summed E-state index contributed by atoms with van der Waals surface area (Å²) in [4.78, 5) is 34.8. The molecule has 6 heteroatoms. The maximum Gasteiger partial charge on any atom is 0.336 e. The Morgan fingerprint density at radius 1 is 1.19 bits per heavy atom. The highest BCUT2D eigenvalue weighted by Gasteiger charge is 2.17. The molecule has 2 N–H and O–H groups in total. The van der Waals surface area contributed by atoms with Crippen molar-refractivity contribution in [3.05, 3.63) is 34.9 Å². The summed E-state index contributed by atoms with van der Waals surface area (Å²) in [6, 6.07) is 3.83. The number of aromatic carboxylic acids is 2. The van der Waals surface area contributed by atoms with Crippen LogP contribution in [0.4, 0.5) is 0 Å². The number of hydrogen-bond acceptors (Lipinski definition) is 4. The average molecular weight is 221 g/mol. The van der Waals surface area contributed by atoms with Gasteiger partial charge in [0.25, 0.3) is 0 Å². The molecular formula is C10H7NO5. The largest absolute Gasteiger partial charge is 0.478 e. The zero-order valence-electron chi connectivity index (χ0n) is 8.01. The number of carbonyl (C=O) groups excluding carboxylic acids is 1. The molecule has 0 saturated heterocycles. The first kappa shape index (κ1) is 11.6. The van der Waals surface area contributed by atoms with Crippen LogP contribution in [0.1, 0.15) is 26.3 Å². The van der Waals surface area contributed by atoms with Gasteiger partial charge in [-0.1, -0.05) is 6.07 Å². The lowest BCUT2D eigenvalue weighted by atomic mass is 10.0. The van der Waals surface area contributed by atoms with Gasteiger partial charge >= 0.3 is 11.9 Å². The molecule has 0 unspecified atom stereocenters. The molecule has 0 spiro atoms. The van der Waals surface area contributed by atoms with Gasteiger partial charge in [0.1, 0.15) is 0 Å². The number of isocyanates is 1. The maximum absolute atomic E-state index is 10.8. The van der Waals surface area contributed by atoms with Crippen LogP contribution in [-0.2, 0) is 11.3 Å². The van der Waals surface area contributed by atoms with Crippen LogP contribution in [0.5, 0.6) is 0 Å². The average Bonchev–Trinajstić information content (AvgIpc) is 2.25. The zero-order valence-corrected chi connectivity index (χ0v) is 8.01. The summed E-state index contributed by atoms with van der Waals surface area (Å²) >= 11 is 0. The molecule has 0 radical (unpaired) electrons. The molecule has 0 aliphatic carbocycles. The molecule has 1 aromatic rings. The standard InChI is InChI=1S/C10H7NO5/c12-5-11-4-8-6(9(13)14)2-1-3-7(8)10(15)16/h1-3H,4H2,(H,13,14)(H,15,16). The van der Waals surface area contributed by atoms with E-state index in [0.29, 0.717) is 0 Å². The van der Waals surface area contributed by atoms with Crippen molar-refractivity contribution in [2.24, 2.45) is 4.99 Å². The summed E-state index contributed by atoms with van der Waals surface area (Å²) in [6.07, 6.45) is 1.24. The third kappa shape index (κ3) is 2.31. The van der Waals surface area contributed by atoms with E-state index < -0.39 is 11.9 Å². The van der Waals surface area contributed by atoms with Crippen molar-refractivity contribution in [2.75, 3.05) is 0 Å².